The maximum Gasteiger partial charge on any atom is 0.407 e. The van der Waals surface area contributed by atoms with E-state index in [1.807, 2.05) is 24.3 Å². The quantitative estimate of drug-likeness (QED) is 0.774. The molecule has 0 spiro atoms. The zero-order chi connectivity index (χ0) is 12.3. The van der Waals surface area contributed by atoms with Crippen LogP contribution in [0.3, 0.4) is 0 Å². The lowest BCUT2D eigenvalue weighted by atomic mass is 9.98. The second-order valence-electron chi connectivity index (χ2n) is 3.92. The van der Waals surface area contributed by atoms with E-state index in [9.17, 15) is 9.59 Å². The van der Waals surface area contributed by atoms with Crippen LogP contribution in [-0.4, -0.2) is 32.2 Å². The molecule has 0 saturated heterocycles. The summed E-state index contributed by atoms with van der Waals surface area (Å²) in [6.07, 6.45) is 1.01. The van der Waals surface area contributed by atoms with Crippen molar-refractivity contribution in [3.8, 4) is 0 Å². The van der Waals surface area contributed by atoms with Gasteiger partial charge in [0.1, 0.15) is 0 Å². The number of rotatable bonds is 2. The number of anilines is 1. The van der Waals surface area contributed by atoms with Crippen molar-refractivity contribution in [2.45, 2.75) is 12.5 Å². The molecule has 0 aromatic heterocycles. The van der Waals surface area contributed by atoms with E-state index in [4.69, 9.17) is 0 Å². The molecule has 0 aliphatic carbocycles. The summed E-state index contributed by atoms with van der Waals surface area (Å²) in [5.41, 5.74) is 1.96. The third-order valence-corrected chi connectivity index (χ3v) is 2.82. The molecule has 90 valence electrons. The van der Waals surface area contributed by atoms with Gasteiger partial charge in [0.25, 0.3) is 0 Å². The molecule has 0 radical (unpaired) electrons. The van der Waals surface area contributed by atoms with E-state index >= 15 is 0 Å². The number of methoxy groups -OCH3 is 1. The van der Waals surface area contributed by atoms with Gasteiger partial charge in [-0.15, -0.1) is 0 Å². The predicted molar refractivity (Wildman–Crippen MR) is 62.9 cm³/mol. The molecule has 5 heteroatoms. The molecule has 1 aromatic carbocycles. The van der Waals surface area contributed by atoms with Crippen molar-refractivity contribution in [1.82, 2.24) is 5.32 Å². The fourth-order valence-electron chi connectivity index (χ4n) is 2.05. The van der Waals surface area contributed by atoms with E-state index < -0.39 is 6.09 Å². The molecule has 1 aliphatic heterocycles. The van der Waals surface area contributed by atoms with E-state index in [1.54, 1.807) is 4.90 Å². The van der Waals surface area contributed by atoms with Gasteiger partial charge in [0.05, 0.1) is 13.2 Å². The number of benzene rings is 1. The monoisotopic (exact) mass is 234 g/mol. The molecule has 0 saturated carbocycles. The molecule has 1 heterocycles. The zero-order valence-electron chi connectivity index (χ0n) is 9.55. The Balaban J connectivity index is 2.18. The Morgan fingerprint density at radius 3 is 3.00 bits per heavy atom. The first-order chi connectivity index (χ1) is 8.24. The number of para-hydroxylation sites is 1. The number of amides is 2. The topological polar surface area (TPSA) is 58.6 Å². The Hall–Kier alpha value is -2.04. The van der Waals surface area contributed by atoms with Gasteiger partial charge >= 0.3 is 6.09 Å². The second-order valence-corrected chi connectivity index (χ2v) is 3.92. The molecule has 2 rings (SSSR count). The Morgan fingerprint density at radius 2 is 2.29 bits per heavy atom. The van der Waals surface area contributed by atoms with Gasteiger partial charge in [-0.2, -0.15) is 0 Å². The summed E-state index contributed by atoms with van der Waals surface area (Å²) in [7, 11) is 1.32. The van der Waals surface area contributed by atoms with E-state index in [0.717, 1.165) is 17.7 Å². The molecular formula is C12H14N2O3. The third kappa shape index (κ3) is 2.38. The van der Waals surface area contributed by atoms with Gasteiger partial charge in [0.15, 0.2) is 0 Å². The molecule has 2 amide bonds. The Labute approximate surface area is 99.4 Å². The van der Waals surface area contributed by atoms with Gasteiger partial charge in [-0.25, -0.2) is 4.79 Å². The standard InChI is InChI=1S/C12H14N2O3/c1-17-12(16)13-10-6-9-4-2-3-5-11(9)14(7-10)8-15/h2-5,8,10H,6-7H2,1H3,(H,13,16)/t10-/m0/s1. The van der Waals surface area contributed by atoms with Crippen molar-refractivity contribution in [1.29, 1.82) is 0 Å². The molecule has 1 atom stereocenters. The normalized spacial score (nSPS) is 18.2. The molecule has 1 aliphatic rings. The largest absolute Gasteiger partial charge is 0.453 e. The number of carbonyl (C=O) groups is 2. The van der Waals surface area contributed by atoms with E-state index in [-0.39, 0.29) is 6.04 Å². The van der Waals surface area contributed by atoms with Crippen LogP contribution in [0.5, 0.6) is 0 Å². The maximum atomic E-state index is 11.1. The van der Waals surface area contributed by atoms with Crippen molar-refractivity contribution < 1.29 is 14.3 Å². The number of alkyl carbamates (subject to hydrolysis) is 1. The van der Waals surface area contributed by atoms with Crippen molar-refractivity contribution in [2.24, 2.45) is 0 Å². The highest BCUT2D eigenvalue weighted by Crippen LogP contribution is 2.25. The van der Waals surface area contributed by atoms with Crippen molar-refractivity contribution in [2.75, 3.05) is 18.6 Å². The number of nitrogens with zero attached hydrogens (tertiary/aromatic N) is 1. The first-order valence-electron chi connectivity index (χ1n) is 5.39. The fourth-order valence-corrected chi connectivity index (χ4v) is 2.05. The van der Waals surface area contributed by atoms with Crippen LogP contribution in [0.2, 0.25) is 0 Å². The average Bonchev–Trinajstić information content (AvgIpc) is 2.37. The number of fused-ring (bicyclic) bond motifs is 1. The molecule has 1 aromatic rings. The van der Waals surface area contributed by atoms with Crippen LogP contribution in [-0.2, 0) is 16.0 Å². The average molecular weight is 234 g/mol. The maximum absolute atomic E-state index is 11.1. The van der Waals surface area contributed by atoms with Gasteiger partial charge in [0.2, 0.25) is 6.41 Å². The first-order valence-corrected chi connectivity index (χ1v) is 5.39. The summed E-state index contributed by atoms with van der Waals surface area (Å²) < 4.78 is 4.55. The highest BCUT2D eigenvalue weighted by Gasteiger charge is 2.25. The fraction of sp³-hybridized carbons (Fsp3) is 0.333. The van der Waals surface area contributed by atoms with Crippen molar-refractivity contribution in [3.05, 3.63) is 29.8 Å². The molecule has 0 fully saturated rings. The highest BCUT2D eigenvalue weighted by molar-refractivity contribution is 5.79. The van der Waals surface area contributed by atoms with E-state index in [0.29, 0.717) is 13.0 Å². The predicted octanol–water partition coefficient (Wildman–Crippen LogP) is 0.930. The summed E-state index contributed by atoms with van der Waals surface area (Å²) in [6, 6.07) is 7.56. The molecular weight excluding hydrogens is 220 g/mol. The number of ether oxygens (including phenoxy) is 1. The lowest BCUT2D eigenvalue weighted by Gasteiger charge is -2.32. The highest BCUT2D eigenvalue weighted by atomic mass is 16.5. The van der Waals surface area contributed by atoms with E-state index in [1.165, 1.54) is 7.11 Å². The van der Waals surface area contributed by atoms with Crippen LogP contribution in [0.15, 0.2) is 24.3 Å². The lowest BCUT2D eigenvalue weighted by Crippen LogP contribution is -2.47. The second kappa shape index (κ2) is 4.86. The molecule has 17 heavy (non-hydrogen) atoms. The SMILES string of the molecule is COC(=O)N[C@H]1Cc2ccccc2N(C=O)C1. The summed E-state index contributed by atoms with van der Waals surface area (Å²) in [4.78, 5) is 23.7. The van der Waals surface area contributed by atoms with Crippen LogP contribution in [0, 0.1) is 0 Å². The number of nitrogens with one attached hydrogen (secondary N) is 1. The Kier molecular flexibility index (Phi) is 3.27. The minimum Gasteiger partial charge on any atom is -0.453 e. The van der Waals surface area contributed by atoms with Crippen molar-refractivity contribution in [3.63, 3.8) is 0 Å². The van der Waals surface area contributed by atoms with E-state index in [2.05, 4.69) is 10.1 Å². The summed E-state index contributed by atoms with van der Waals surface area (Å²) in [5, 5.41) is 2.71. The third-order valence-electron chi connectivity index (χ3n) is 2.82. The van der Waals surface area contributed by atoms with Gasteiger partial charge in [-0.3, -0.25) is 4.79 Å². The Bertz CT molecular complexity index is 434. The van der Waals surface area contributed by atoms with Crippen LogP contribution >= 0.6 is 0 Å². The summed E-state index contributed by atoms with van der Waals surface area (Å²) in [6.45, 7) is 0.468. The van der Waals surface area contributed by atoms with Gasteiger partial charge in [0, 0.05) is 12.2 Å². The number of hydrogen-bond acceptors (Lipinski definition) is 3. The lowest BCUT2D eigenvalue weighted by molar-refractivity contribution is -0.107. The van der Waals surface area contributed by atoms with Crippen LogP contribution < -0.4 is 10.2 Å². The zero-order valence-corrected chi connectivity index (χ0v) is 9.55. The molecule has 0 unspecified atom stereocenters. The smallest absolute Gasteiger partial charge is 0.407 e. The van der Waals surface area contributed by atoms with Gasteiger partial charge < -0.3 is 15.0 Å². The Morgan fingerprint density at radius 1 is 1.53 bits per heavy atom. The summed E-state index contributed by atoms with van der Waals surface area (Å²) in [5.74, 6) is 0. The van der Waals surface area contributed by atoms with Crippen LogP contribution in [0.25, 0.3) is 0 Å². The minimum atomic E-state index is -0.472. The number of hydrogen-bond donors (Lipinski definition) is 1. The number of carbonyl (C=O) groups excluding carboxylic acids is 2. The minimum absolute atomic E-state index is 0.109. The molecule has 0 bridgehead atoms. The van der Waals surface area contributed by atoms with Crippen LogP contribution in [0.4, 0.5) is 10.5 Å². The van der Waals surface area contributed by atoms with Crippen molar-refractivity contribution >= 4 is 18.2 Å². The first kappa shape index (κ1) is 11.4. The summed E-state index contributed by atoms with van der Waals surface area (Å²) >= 11 is 0. The van der Waals surface area contributed by atoms with Gasteiger partial charge in [-0.1, -0.05) is 18.2 Å². The molecule has 5 nitrogen and oxygen atoms in total. The van der Waals surface area contributed by atoms with Crippen LogP contribution in [0.1, 0.15) is 5.56 Å². The van der Waals surface area contributed by atoms with Gasteiger partial charge in [-0.05, 0) is 18.1 Å². The molecule has 1 N–H and O–H groups in total.